The molecule has 0 spiro atoms. The van der Waals surface area contributed by atoms with Gasteiger partial charge >= 0.3 is 0 Å². The smallest absolute Gasteiger partial charge is 0.252 e. The fourth-order valence-corrected chi connectivity index (χ4v) is 14.6. The van der Waals surface area contributed by atoms with Crippen LogP contribution in [-0.4, -0.2) is 12.3 Å². The Balaban J connectivity index is 1.09. The maximum atomic E-state index is 2.78. The van der Waals surface area contributed by atoms with Gasteiger partial charge in [-0.25, -0.2) is 0 Å². The van der Waals surface area contributed by atoms with Crippen molar-refractivity contribution in [3.8, 4) is 11.1 Å². The van der Waals surface area contributed by atoms with Crippen LogP contribution >= 0.6 is 0 Å². The van der Waals surface area contributed by atoms with Gasteiger partial charge < -0.3 is 14.7 Å². The Kier molecular flexibility index (Phi) is 10.2. The van der Waals surface area contributed by atoms with Crippen molar-refractivity contribution in [2.75, 3.05) is 14.7 Å². The molecule has 2 aliphatic carbocycles. The second-order valence-electron chi connectivity index (χ2n) is 25.5. The summed E-state index contributed by atoms with van der Waals surface area (Å²) in [6, 6.07) is 66.7. The van der Waals surface area contributed by atoms with Crippen LogP contribution in [0.3, 0.4) is 0 Å². The van der Waals surface area contributed by atoms with Gasteiger partial charge in [0.15, 0.2) is 0 Å². The monoisotopic (exact) mass is 952 g/mol. The maximum absolute atomic E-state index is 2.78. The third kappa shape index (κ3) is 6.91. The molecule has 8 aromatic rings. The number of para-hydroxylation sites is 1. The van der Waals surface area contributed by atoms with E-state index in [0.717, 1.165) is 25.7 Å². The van der Waals surface area contributed by atoms with Gasteiger partial charge in [-0.2, -0.15) is 0 Å². The fourth-order valence-electron chi connectivity index (χ4n) is 14.6. The van der Waals surface area contributed by atoms with Crippen molar-refractivity contribution >= 4 is 68.6 Å². The molecular weight excluding hydrogens is 882 g/mol. The van der Waals surface area contributed by atoms with Crippen molar-refractivity contribution in [3.63, 3.8) is 0 Å². The molecule has 1 saturated carbocycles. The van der Waals surface area contributed by atoms with Crippen molar-refractivity contribution in [2.45, 2.75) is 130 Å². The number of anilines is 8. The summed E-state index contributed by atoms with van der Waals surface area (Å²) in [7, 11) is 0. The lowest BCUT2D eigenvalue weighted by atomic mass is 9.33. The normalized spacial score (nSPS) is 20.2. The lowest BCUT2D eigenvalue weighted by Gasteiger charge is -2.52. The van der Waals surface area contributed by atoms with Gasteiger partial charge in [-0.15, -0.1) is 0 Å². The van der Waals surface area contributed by atoms with Crippen LogP contribution in [-0.2, 0) is 29.1 Å². The van der Waals surface area contributed by atoms with E-state index < -0.39 is 0 Å². The summed E-state index contributed by atoms with van der Waals surface area (Å²) in [5.74, 6) is 0. The Hall–Kier alpha value is -6.78. The van der Waals surface area contributed by atoms with Gasteiger partial charge in [-0.3, -0.25) is 0 Å². The van der Waals surface area contributed by atoms with E-state index in [1.54, 1.807) is 0 Å². The van der Waals surface area contributed by atoms with Crippen LogP contribution in [0, 0.1) is 12.3 Å². The van der Waals surface area contributed by atoms with E-state index in [-0.39, 0.29) is 33.9 Å². The van der Waals surface area contributed by atoms with Crippen molar-refractivity contribution in [2.24, 2.45) is 5.41 Å². The first-order chi connectivity index (χ1) is 34.9. The van der Waals surface area contributed by atoms with Crippen molar-refractivity contribution in [3.05, 3.63) is 209 Å². The van der Waals surface area contributed by atoms with Gasteiger partial charge in [-0.1, -0.05) is 177 Å². The first kappa shape index (κ1) is 46.0. The van der Waals surface area contributed by atoms with E-state index in [4.69, 9.17) is 0 Å². The predicted molar refractivity (Wildman–Crippen MR) is 312 cm³/mol. The SMILES string of the molecule is Cc1cc2c3c(c1)N(c1ccc(C(C)(C)C)cc1-c1ccccc1)c1cc4c(cc1B3c1ccc(N3c5ccccc5C5(c6ccccc6)CCCCC35C)cc1N2c1ccc(C(C)(C)C)cc1)CC(C)(C)C4. The Morgan fingerprint density at radius 2 is 1.08 bits per heavy atom. The molecule has 1 fully saturated rings. The third-order valence-electron chi connectivity index (χ3n) is 18.0. The summed E-state index contributed by atoms with van der Waals surface area (Å²) in [6.07, 6.45) is 6.85. The highest BCUT2D eigenvalue weighted by Crippen LogP contribution is 2.64. The molecule has 4 heteroatoms. The first-order valence-corrected chi connectivity index (χ1v) is 27.3. The summed E-state index contributed by atoms with van der Waals surface area (Å²) in [6.45, 7) is 23.8. The Labute approximate surface area is 436 Å². The molecular formula is C69H70BN3. The van der Waals surface area contributed by atoms with Gasteiger partial charge in [0, 0.05) is 50.8 Å². The molecule has 73 heavy (non-hydrogen) atoms. The highest BCUT2D eigenvalue weighted by Gasteiger charge is 2.61. The predicted octanol–water partition coefficient (Wildman–Crippen LogP) is 16.2. The highest BCUT2D eigenvalue weighted by atomic mass is 15.3. The highest BCUT2D eigenvalue weighted by molar-refractivity contribution is 7.00. The van der Waals surface area contributed by atoms with E-state index in [2.05, 4.69) is 254 Å². The van der Waals surface area contributed by atoms with Crippen molar-refractivity contribution < 1.29 is 0 Å². The molecule has 0 bridgehead atoms. The largest absolute Gasteiger partial charge is 0.334 e. The van der Waals surface area contributed by atoms with Crippen LogP contribution in [0.4, 0.5) is 45.5 Å². The second-order valence-corrected chi connectivity index (χ2v) is 25.5. The van der Waals surface area contributed by atoms with Gasteiger partial charge in [-0.05, 0) is 177 Å². The summed E-state index contributed by atoms with van der Waals surface area (Å²) < 4.78 is 0. The molecule has 0 aromatic heterocycles. The quantitative estimate of drug-likeness (QED) is 0.159. The van der Waals surface area contributed by atoms with Gasteiger partial charge in [0.2, 0.25) is 0 Å². The summed E-state index contributed by atoms with van der Waals surface area (Å²) in [5, 5.41) is 0. The summed E-state index contributed by atoms with van der Waals surface area (Å²) >= 11 is 0. The minimum atomic E-state index is -0.176. The number of nitrogens with zero attached hydrogens (tertiary/aromatic N) is 3. The average molecular weight is 952 g/mol. The molecule has 2 unspecified atom stereocenters. The molecule has 0 N–H and O–H groups in total. The van der Waals surface area contributed by atoms with Crippen molar-refractivity contribution in [1.29, 1.82) is 0 Å². The fraction of sp³-hybridized carbons (Fsp3) is 0.304. The van der Waals surface area contributed by atoms with Crippen LogP contribution in [0.1, 0.15) is 127 Å². The van der Waals surface area contributed by atoms with Crippen LogP contribution in [0.5, 0.6) is 0 Å². The zero-order valence-corrected chi connectivity index (χ0v) is 44.8. The molecule has 3 nitrogen and oxygen atoms in total. The number of rotatable bonds is 5. The Morgan fingerprint density at radius 3 is 1.79 bits per heavy atom. The molecule has 0 radical (unpaired) electrons. The van der Waals surface area contributed by atoms with E-state index in [1.807, 2.05) is 0 Å². The molecule has 0 amide bonds. The third-order valence-corrected chi connectivity index (χ3v) is 18.0. The molecule has 3 aliphatic heterocycles. The Bertz CT molecular complexity index is 3500. The number of benzene rings is 8. The summed E-state index contributed by atoms with van der Waals surface area (Å²) in [5.41, 5.74) is 26.5. The molecule has 8 aromatic carbocycles. The number of hydrogen-bond acceptors (Lipinski definition) is 3. The maximum Gasteiger partial charge on any atom is 0.252 e. The number of aryl methyl sites for hydroxylation is 1. The molecule has 2 atom stereocenters. The van der Waals surface area contributed by atoms with Gasteiger partial charge in [0.1, 0.15) is 0 Å². The van der Waals surface area contributed by atoms with Crippen LogP contribution < -0.4 is 31.1 Å². The lowest BCUT2D eigenvalue weighted by molar-refractivity contribution is 0.215. The second kappa shape index (κ2) is 16.1. The number of fused-ring (bicyclic) bond motifs is 8. The minimum Gasteiger partial charge on any atom is -0.334 e. The van der Waals surface area contributed by atoms with Crippen LogP contribution in [0.25, 0.3) is 11.1 Å². The summed E-state index contributed by atoms with van der Waals surface area (Å²) in [4.78, 5) is 8.10. The van der Waals surface area contributed by atoms with E-state index in [1.165, 1.54) is 125 Å². The molecule has 0 saturated heterocycles. The first-order valence-electron chi connectivity index (χ1n) is 27.3. The standard InChI is InChI=1S/C69H70BN3/c1-45-37-62-64-63(38-45)72(58-34-29-51(66(5,6)7)41-54(58)46-21-13-11-14-22-46)60-40-48-44-67(8,9)43-47(48)39-57(60)70(64)56-33-32-53(42-61(56)71(62)52-30-27-49(28-31-52)65(2,3)4)73-59-26-18-17-25-55(59)69(50-23-15-12-16-24-50)36-20-19-35-68(69,73)10/h11-18,21-34,37-42H,19-20,35-36,43-44H2,1-10H3. The lowest BCUT2D eigenvalue weighted by Crippen LogP contribution is -2.61. The van der Waals surface area contributed by atoms with E-state index >= 15 is 0 Å². The Morgan fingerprint density at radius 1 is 0.479 bits per heavy atom. The van der Waals surface area contributed by atoms with E-state index in [0.29, 0.717) is 0 Å². The van der Waals surface area contributed by atoms with Crippen LogP contribution in [0.15, 0.2) is 170 Å². The number of hydrogen-bond donors (Lipinski definition) is 0. The average Bonchev–Trinajstić information content (AvgIpc) is 3.83. The van der Waals surface area contributed by atoms with Gasteiger partial charge in [0.05, 0.1) is 11.2 Å². The molecule has 3 heterocycles. The molecule has 13 rings (SSSR count). The topological polar surface area (TPSA) is 9.72 Å². The van der Waals surface area contributed by atoms with Crippen LogP contribution in [0.2, 0.25) is 0 Å². The van der Waals surface area contributed by atoms with Crippen molar-refractivity contribution in [1.82, 2.24) is 0 Å². The van der Waals surface area contributed by atoms with E-state index in [9.17, 15) is 0 Å². The van der Waals surface area contributed by atoms with Gasteiger partial charge in [0.25, 0.3) is 6.71 Å². The zero-order chi connectivity index (χ0) is 50.4. The zero-order valence-electron chi connectivity index (χ0n) is 44.8. The molecule has 364 valence electrons. The minimum absolute atomic E-state index is 0.0118. The molecule has 5 aliphatic rings.